The lowest BCUT2D eigenvalue weighted by Gasteiger charge is -2.23. The van der Waals surface area contributed by atoms with Crippen LogP contribution in [0.1, 0.15) is 99.7 Å². The molecule has 0 fully saturated rings. The predicted molar refractivity (Wildman–Crippen MR) is 178 cm³/mol. The number of rotatable bonds is 10. The van der Waals surface area contributed by atoms with Crippen molar-refractivity contribution in [3.63, 3.8) is 0 Å². The van der Waals surface area contributed by atoms with Crippen LogP contribution in [-0.2, 0) is 27.9 Å². The third kappa shape index (κ3) is 7.75. The first kappa shape index (κ1) is 33.8. The Kier molecular flexibility index (Phi) is 9.81. The van der Waals surface area contributed by atoms with E-state index in [0.717, 1.165) is 34.3 Å². The molecular formula is C38H47FN2O4. The van der Waals surface area contributed by atoms with Gasteiger partial charge in [0.15, 0.2) is 5.60 Å². The highest BCUT2D eigenvalue weighted by atomic mass is 19.1. The maximum atomic E-state index is 14.8. The van der Waals surface area contributed by atoms with E-state index in [-0.39, 0.29) is 23.1 Å². The summed E-state index contributed by atoms with van der Waals surface area (Å²) in [6, 6.07) is 18.5. The molecule has 3 aromatic carbocycles. The van der Waals surface area contributed by atoms with E-state index in [1.807, 2.05) is 37.3 Å². The Bertz CT molecular complexity index is 1710. The Morgan fingerprint density at radius 2 is 1.67 bits per heavy atom. The van der Waals surface area contributed by atoms with Crippen LogP contribution in [0, 0.1) is 18.7 Å². The van der Waals surface area contributed by atoms with Crippen molar-refractivity contribution in [1.29, 1.82) is 0 Å². The van der Waals surface area contributed by atoms with E-state index in [2.05, 4.69) is 63.6 Å². The van der Waals surface area contributed by atoms with Gasteiger partial charge in [-0.1, -0.05) is 65.0 Å². The maximum Gasteiger partial charge on any atom is 0.349 e. The SMILES string of the molecule is COC(=O)C(C)(C)Oc1cc(F)cc(Cc2c(C)n(CC(C)C)c3cc(C(=O)N[C@@H](C)c4cccc(C(C)(C)C)c4)ccc23)c1. The first-order valence-corrected chi connectivity index (χ1v) is 15.6. The fraction of sp³-hybridized carbons (Fsp3) is 0.421. The molecule has 1 N–H and O–H groups in total. The number of benzene rings is 3. The van der Waals surface area contributed by atoms with Crippen LogP contribution in [0.3, 0.4) is 0 Å². The van der Waals surface area contributed by atoms with Crippen molar-refractivity contribution in [3.8, 4) is 5.75 Å². The summed E-state index contributed by atoms with van der Waals surface area (Å²) in [4.78, 5) is 25.7. The fourth-order valence-corrected chi connectivity index (χ4v) is 5.72. The summed E-state index contributed by atoms with van der Waals surface area (Å²) in [5, 5.41) is 4.20. The van der Waals surface area contributed by atoms with Crippen LogP contribution in [0.4, 0.5) is 4.39 Å². The molecule has 1 amide bonds. The van der Waals surface area contributed by atoms with E-state index in [1.54, 1.807) is 19.9 Å². The van der Waals surface area contributed by atoms with Crippen molar-refractivity contribution in [1.82, 2.24) is 9.88 Å². The first-order valence-electron chi connectivity index (χ1n) is 15.6. The minimum absolute atomic E-state index is 0.0158. The van der Waals surface area contributed by atoms with E-state index in [9.17, 15) is 14.0 Å². The number of esters is 1. The van der Waals surface area contributed by atoms with Gasteiger partial charge in [-0.2, -0.15) is 0 Å². The van der Waals surface area contributed by atoms with Gasteiger partial charge in [-0.3, -0.25) is 4.79 Å². The van der Waals surface area contributed by atoms with Gasteiger partial charge in [0.25, 0.3) is 5.91 Å². The van der Waals surface area contributed by atoms with Gasteiger partial charge < -0.3 is 19.4 Å². The van der Waals surface area contributed by atoms with Gasteiger partial charge in [-0.15, -0.1) is 0 Å². The molecule has 0 saturated heterocycles. The number of halogens is 1. The number of aromatic nitrogens is 1. The molecular weight excluding hydrogens is 567 g/mol. The van der Waals surface area contributed by atoms with Crippen molar-refractivity contribution in [2.45, 2.75) is 92.3 Å². The van der Waals surface area contributed by atoms with E-state index >= 15 is 0 Å². The third-order valence-electron chi connectivity index (χ3n) is 8.23. The molecule has 7 heteroatoms. The Hall–Kier alpha value is -4.13. The number of nitrogens with one attached hydrogen (secondary N) is 1. The molecule has 0 aliphatic rings. The summed E-state index contributed by atoms with van der Waals surface area (Å²) >= 11 is 0. The van der Waals surface area contributed by atoms with E-state index in [0.29, 0.717) is 23.5 Å². The van der Waals surface area contributed by atoms with E-state index < -0.39 is 17.4 Å². The van der Waals surface area contributed by atoms with Crippen LogP contribution in [0.2, 0.25) is 0 Å². The maximum absolute atomic E-state index is 14.8. The number of carbonyl (C=O) groups excluding carboxylic acids is 2. The number of ether oxygens (including phenoxy) is 2. The Labute approximate surface area is 266 Å². The van der Waals surface area contributed by atoms with E-state index in [1.165, 1.54) is 24.8 Å². The molecule has 6 nitrogen and oxygen atoms in total. The number of fused-ring (bicyclic) bond motifs is 1. The zero-order valence-electron chi connectivity index (χ0n) is 28.3. The summed E-state index contributed by atoms with van der Waals surface area (Å²) in [5.41, 5.74) is 5.40. The second-order valence-electron chi connectivity index (χ2n) is 13.9. The van der Waals surface area contributed by atoms with Gasteiger partial charge in [0.2, 0.25) is 0 Å². The van der Waals surface area contributed by atoms with Crippen molar-refractivity contribution < 1.29 is 23.5 Å². The fourth-order valence-electron chi connectivity index (χ4n) is 5.72. The van der Waals surface area contributed by atoms with Crippen molar-refractivity contribution >= 4 is 22.8 Å². The second-order valence-corrected chi connectivity index (χ2v) is 13.9. The normalized spacial score (nSPS) is 12.8. The van der Waals surface area contributed by atoms with Crippen LogP contribution < -0.4 is 10.1 Å². The summed E-state index contributed by atoms with van der Waals surface area (Å²) in [7, 11) is 1.29. The van der Waals surface area contributed by atoms with Crippen molar-refractivity contribution in [2.24, 2.45) is 5.92 Å². The highest BCUT2D eigenvalue weighted by Gasteiger charge is 2.31. The third-order valence-corrected chi connectivity index (χ3v) is 8.23. The molecule has 4 rings (SSSR count). The highest BCUT2D eigenvalue weighted by Crippen LogP contribution is 2.32. The van der Waals surface area contributed by atoms with Crippen LogP contribution in [0.25, 0.3) is 10.9 Å². The highest BCUT2D eigenvalue weighted by molar-refractivity contribution is 5.99. The Morgan fingerprint density at radius 1 is 0.956 bits per heavy atom. The molecule has 1 aromatic heterocycles. The van der Waals surface area contributed by atoms with Gasteiger partial charge >= 0.3 is 5.97 Å². The topological polar surface area (TPSA) is 69.6 Å². The van der Waals surface area contributed by atoms with Crippen LogP contribution in [0.15, 0.2) is 60.7 Å². The molecule has 0 spiro atoms. The van der Waals surface area contributed by atoms with Gasteiger partial charge in [-0.05, 0) is 85.5 Å². The Morgan fingerprint density at radius 3 is 2.31 bits per heavy atom. The molecule has 0 saturated carbocycles. The molecule has 1 heterocycles. The monoisotopic (exact) mass is 614 g/mol. The first-order chi connectivity index (χ1) is 21.0. The lowest BCUT2D eigenvalue weighted by molar-refractivity contribution is -0.156. The smallest absolute Gasteiger partial charge is 0.349 e. The summed E-state index contributed by atoms with van der Waals surface area (Å²) < 4.78 is 27.7. The van der Waals surface area contributed by atoms with Gasteiger partial charge in [0, 0.05) is 41.2 Å². The number of hydrogen-bond acceptors (Lipinski definition) is 4. The molecule has 0 aliphatic heterocycles. The molecule has 4 aromatic rings. The lowest BCUT2D eigenvalue weighted by atomic mass is 9.85. The zero-order valence-corrected chi connectivity index (χ0v) is 28.3. The van der Waals surface area contributed by atoms with Gasteiger partial charge in [0.05, 0.1) is 13.2 Å². The summed E-state index contributed by atoms with van der Waals surface area (Å²) in [6.07, 6.45) is 0.451. The standard InChI is InChI=1S/C38H47FN2O4/c1-23(2)22-41-25(4)33(18-26-16-30(39)21-31(17-26)45-38(8,9)36(43)44-10)32-15-14-28(20-34(32)41)35(42)40-24(3)27-12-11-13-29(19-27)37(5,6)7/h11-17,19-21,23-24H,18,22H2,1-10H3,(H,40,42)/t24-/m0/s1. The number of nitrogens with zero attached hydrogens (tertiary/aromatic N) is 1. The number of carbonyl (C=O) groups is 2. The summed E-state index contributed by atoms with van der Waals surface area (Å²) in [6.45, 7) is 18.9. The quantitative estimate of drug-likeness (QED) is 0.182. The Balaban J connectivity index is 1.67. The van der Waals surface area contributed by atoms with Crippen molar-refractivity contribution in [2.75, 3.05) is 7.11 Å². The van der Waals surface area contributed by atoms with Crippen LogP contribution in [0.5, 0.6) is 5.75 Å². The number of methoxy groups -OCH3 is 1. The molecule has 45 heavy (non-hydrogen) atoms. The average Bonchev–Trinajstić information content (AvgIpc) is 3.20. The van der Waals surface area contributed by atoms with Gasteiger partial charge in [0.1, 0.15) is 11.6 Å². The lowest BCUT2D eigenvalue weighted by Crippen LogP contribution is -2.39. The molecule has 0 unspecified atom stereocenters. The minimum Gasteiger partial charge on any atom is -0.476 e. The largest absolute Gasteiger partial charge is 0.476 e. The molecule has 1 atom stereocenters. The minimum atomic E-state index is -1.27. The molecule has 0 radical (unpaired) electrons. The number of hydrogen-bond donors (Lipinski definition) is 1. The number of amides is 1. The molecule has 0 aliphatic carbocycles. The molecule has 0 bridgehead atoms. The average molecular weight is 615 g/mol. The van der Waals surface area contributed by atoms with Crippen LogP contribution >= 0.6 is 0 Å². The second kappa shape index (κ2) is 13.1. The van der Waals surface area contributed by atoms with Gasteiger partial charge in [-0.25, -0.2) is 9.18 Å². The van der Waals surface area contributed by atoms with Crippen LogP contribution in [-0.4, -0.2) is 29.2 Å². The summed E-state index contributed by atoms with van der Waals surface area (Å²) in [5.74, 6) is -0.511. The molecule has 240 valence electrons. The zero-order chi connectivity index (χ0) is 33.3. The van der Waals surface area contributed by atoms with Crippen molar-refractivity contribution in [3.05, 3.63) is 100.0 Å². The van der Waals surface area contributed by atoms with E-state index in [4.69, 9.17) is 9.47 Å². The predicted octanol–water partition coefficient (Wildman–Crippen LogP) is 8.45.